The Morgan fingerprint density at radius 1 is 1.67 bits per heavy atom. The van der Waals surface area contributed by atoms with Crippen molar-refractivity contribution in [2.24, 2.45) is 0 Å². The maximum absolute atomic E-state index is 10.9. The molecule has 1 atom stereocenters. The van der Waals surface area contributed by atoms with Gasteiger partial charge in [-0.2, -0.15) is 8.42 Å². The highest BCUT2D eigenvalue weighted by Crippen LogP contribution is 2.08. The second kappa shape index (κ2) is 3.40. The SMILES string of the molecule is CCS(=O)(=O)OC1CCNC1=O. The van der Waals surface area contributed by atoms with E-state index in [0.29, 0.717) is 13.0 Å². The Morgan fingerprint density at radius 2 is 2.33 bits per heavy atom. The number of hydrogen-bond acceptors (Lipinski definition) is 4. The molecule has 70 valence electrons. The van der Waals surface area contributed by atoms with E-state index in [1.807, 2.05) is 0 Å². The molecule has 0 saturated carbocycles. The first kappa shape index (κ1) is 9.47. The van der Waals surface area contributed by atoms with Gasteiger partial charge in [0.1, 0.15) is 0 Å². The van der Waals surface area contributed by atoms with E-state index in [-0.39, 0.29) is 11.7 Å². The summed E-state index contributed by atoms with van der Waals surface area (Å²) in [5.41, 5.74) is 0. The van der Waals surface area contributed by atoms with Crippen LogP contribution in [-0.2, 0) is 19.1 Å². The van der Waals surface area contributed by atoms with Crippen molar-refractivity contribution in [3.05, 3.63) is 0 Å². The Labute approximate surface area is 71.2 Å². The number of rotatable bonds is 3. The van der Waals surface area contributed by atoms with Gasteiger partial charge in [-0.05, 0) is 6.92 Å². The highest BCUT2D eigenvalue weighted by molar-refractivity contribution is 7.86. The van der Waals surface area contributed by atoms with Gasteiger partial charge in [0.15, 0.2) is 6.10 Å². The van der Waals surface area contributed by atoms with Crippen molar-refractivity contribution in [2.75, 3.05) is 12.3 Å². The van der Waals surface area contributed by atoms with E-state index in [1.165, 1.54) is 6.92 Å². The molecule has 5 nitrogen and oxygen atoms in total. The largest absolute Gasteiger partial charge is 0.354 e. The van der Waals surface area contributed by atoms with Gasteiger partial charge < -0.3 is 5.32 Å². The molecule has 1 heterocycles. The minimum absolute atomic E-state index is 0.100. The molecule has 1 rings (SSSR count). The highest BCUT2D eigenvalue weighted by atomic mass is 32.2. The van der Waals surface area contributed by atoms with Crippen LogP contribution in [0.25, 0.3) is 0 Å². The van der Waals surface area contributed by atoms with Gasteiger partial charge in [-0.25, -0.2) is 0 Å². The maximum Gasteiger partial charge on any atom is 0.267 e. The summed E-state index contributed by atoms with van der Waals surface area (Å²) >= 11 is 0. The van der Waals surface area contributed by atoms with Crippen LogP contribution in [0.2, 0.25) is 0 Å². The summed E-state index contributed by atoms with van der Waals surface area (Å²) in [6.45, 7) is 1.96. The monoisotopic (exact) mass is 193 g/mol. The summed E-state index contributed by atoms with van der Waals surface area (Å²) in [6.07, 6.45) is -0.382. The summed E-state index contributed by atoms with van der Waals surface area (Å²) in [4.78, 5) is 10.9. The predicted octanol–water partition coefficient (Wildman–Crippen LogP) is -0.759. The molecule has 0 spiro atoms. The summed E-state index contributed by atoms with van der Waals surface area (Å²) in [6, 6.07) is 0. The van der Waals surface area contributed by atoms with E-state index >= 15 is 0 Å². The van der Waals surface area contributed by atoms with Crippen molar-refractivity contribution >= 4 is 16.0 Å². The van der Waals surface area contributed by atoms with Gasteiger partial charge >= 0.3 is 0 Å². The maximum atomic E-state index is 10.9. The van der Waals surface area contributed by atoms with E-state index in [9.17, 15) is 13.2 Å². The second-order valence-corrected chi connectivity index (χ2v) is 4.40. The van der Waals surface area contributed by atoms with Gasteiger partial charge in [0, 0.05) is 13.0 Å². The van der Waals surface area contributed by atoms with Gasteiger partial charge in [-0.1, -0.05) is 0 Å². The fraction of sp³-hybridized carbons (Fsp3) is 0.833. The molecule has 1 aliphatic rings. The molecule has 0 aliphatic carbocycles. The molecule has 1 unspecified atom stereocenters. The standard InChI is InChI=1S/C6H11NO4S/c1-2-12(9,10)11-5-3-4-7-6(5)8/h5H,2-4H2,1H3,(H,7,8). The van der Waals surface area contributed by atoms with Gasteiger partial charge in [0.2, 0.25) is 0 Å². The third-order valence-corrected chi connectivity index (χ3v) is 2.85. The van der Waals surface area contributed by atoms with Crippen LogP contribution in [0.5, 0.6) is 0 Å². The van der Waals surface area contributed by atoms with Crippen LogP contribution in [0, 0.1) is 0 Å². The van der Waals surface area contributed by atoms with Crippen molar-refractivity contribution < 1.29 is 17.4 Å². The third-order valence-electron chi connectivity index (χ3n) is 1.61. The lowest BCUT2D eigenvalue weighted by molar-refractivity contribution is -0.124. The molecule has 0 bridgehead atoms. The van der Waals surface area contributed by atoms with Gasteiger partial charge in [0.25, 0.3) is 16.0 Å². The highest BCUT2D eigenvalue weighted by Gasteiger charge is 2.29. The molecule has 0 aromatic heterocycles. The topological polar surface area (TPSA) is 72.5 Å². The predicted molar refractivity (Wildman–Crippen MR) is 42.0 cm³/mol. The van der Waals surface area contributed by atoms with Crippen molar-refractivity contribution in [2.45, 2.75) is 19.4 Å². The second-order valence-electron chi connectivity index (χ2n) is 2.51. The average molecular weight is 193 g/mol. The fourth-order valence-corrected chi connectivity index (χ4v) is 1.58. The lowest BCUT2D eigenvalue weighted by Crippen LogP contribution is -2.28. The lowest BCUT2D eigenvalue weighted by Gasteiger charge is -2.06. The summed E-state index contributed by atoms with van der Waals surface area (Å²) in [7, 11) is -3.50. The van der Waals surface area contributed by atoms with Crippen LogP contribution in [0.1, 0.15) is 13.3 Å². The summed E-state index contributed by atoms with van der Waals surface area (Å²) in [5.74, 6) is -0.441. The summed E-state index contributed by atoms with van der Waals surface area (Å²) < 4.78 is 26.4. The van der Waals surface area contributed by atoms with Crippen LogP contribution in [0.4, 0.5) is 0 Å². The van der Waals surface area contributed by atoms with Crippen LogP contribution in [0.3, 0.4) is 0 Å². The Kier molecular flexibility index (Phi) is 2.69. The van der Waals surface area contributed by atoms with E-state index < -0.39 is 16.2 Å². The fourth-order valence-electron chi connectivity index (χ4n) is 0.908. The molecule has 0 radical (unpaired) electrons. The lowest BCUT2D eigenvalue weighted by atomic mass is 10.3. The molecule has 0 aromatic carbocycles. The van der Waals surface area contributed by atoms with E-state index in [1.54, 1.807) is 0 Å². The minimum Gasteiger partial charge on any atom is -0.354 e. The Balaban J connectivity index is 2.57. The zero-order valence-electron chi connectivity index (χ0n) is 6.74. The van der Waals surface area contributed by atoms with E-state index in [0.717, 1.165) is 0 Å². The minimum atomic E-state index is -3.50. The molecule has 12 heavy (non-hydrogen) atoms. The number of carbonyl (C=O) groups excluding carboxylic acids is 1. The molecule has 1 aliphatic heterocycles. The Hall–Kier alpha value is -0.620. The molecule has 0 aromatic rings. The Morgan fingerprint density at radius 3 is 2.75 bits per heavy atom. The van der Waals surface area contributed by atoms with Crippen molar-refractivity contribution in [3.8, 4) is 0 Å². The van der Waals surface area contributed by atoms with Crippen molar-refractivity contribution in [1.82, 2.24) is 5.32 Å². The zero-order valence-corrected chi connectivity index (χ0v) is 7.56. The zero-order chi connectivity index (χ0) is 9.19. The van der Waals surface area contributed by atoms with Gasteiger partial charge in [-0.15, -0.1) is 0 Å². The van der Waals surface area contributed by atoms with Gasteiger partial charge in [-0.3, -0.25) is 8.98 Å². The third kappa shape index (κ3) is 2.18. The number of nitrogens with one attached hydrogen (secondary N) is 1. The molecule has 1 N–H and O–H groups in total. The van der Waals surface area contributed by atoms with Gasteiger partial charge in [0.05, 0.1) is 5.75 Å². The summed E-state index contributed by atoms with van der Waals surface area (Å²) in [5, 5.41) is 2.49. The molecular formula is C6H11NO4S. The first-order valence-corrected chi connectivity index (χ1v) is 5.31. The quantitative estimate of drug-likeness (QED) is 0.598. The van der Waals surface area contributed by atoms with Crippen molar-refractivity contribution in [3.63, 3.8) is 0 Å². The first-order valence-electron chi connectivity index (χ1n) is 3.74. The van der Waals surface area contributed by atoms with E-state index in [4.69, 9.17) is 0 Å². The number of carbonyl (C=O) groups is 1. The smallest absolute Gasteiger partial charge is 0.267 e. The number of hydrogen-bond donors (Lipinski definition) is 1. The number of amides is 1. The van der Waals surface area contributed by atoms with Crippen molar-refractivity contribution in [1.29, 1.82) is 0 Å². The normalized spacial score (nSPS) is 24.1. The van der Waals surface area contributed by atoms with Crippen LogP contribution < -0.4 is 5.32 Å². The van der Waals surface area contributed by atoms with Crippen LogP contribution in [-0.4, -0.2) is 32.7 Å². The first-order chi connectivity index (χ1) is 5.55. The molecular weight excluding hydrogens is 182 g/mol. The molecule has 1 saturated heterocycles. The molecule has 1 fully saturated rings. The van der Waals surface area contributed by atoms with Crippen LogP contribution in [0.15, 0.2) is 0 Å². The van der Waals surface area contributed by atoms with E-state index in [2.05, 4.69) is 9.50 Å². The Bertz CT molecular complexity index is 271. The molecule has 1 amide bonds. The molecule has 6 heteroatoms. The average Bonchev–Trinajstić information content (AvgIpc) is 2.36. The van der Waals surface area contributed by atoms with Crippen LogP contribution >= 0.6 is 0 Å².